The molecule has 0 aliphatic heterocycles. The van der Waals surface area contributed by atoms with Gasteiger partial charge >= 0.3 is 0 Å². The summed E-state index contributed by atoms with van der Waals surface area (Å²) >= 11 is 5.27. The largest absolute Gasteiger partial charge is 0.321 e. The van der Waals surface area contributed by atoms with Gasteiger partial charge in [-0.3, -0.25) is 0 Å². The van der Waals surface area contributed by atoms with Crippen LogP contribution in [0.1, 0.15) is 18.4 Å². The molecule has 1 aromatic rings. The molecule has 2 N–H and O–H groups in total. The van der Waals surface area contributed by atoms with Crippen molar-refractivity contribution in [1.82, 2.24) is 0 Å². The molecule has 0 heterocycles. The lowest BCUT2D eigenvalue weighted by molar-refractivity contribution is 0.461. The first-order chi connectivity index (χ1) is 6.46. The minimum absolute atomic E-state index is 0.389. The third-order valence-corrected chi connectivity index (χ3v) is 2.68. The molecule has 0 bridgehead atoms. The van der Waals surface area contributed by atoms with E-state index in [1.165, 1.54) is 0 Å². The molecule has 0 atom stereocenters. The van der Waals surface area contributed by atoms with Gasteiger partial charge < -0.3 is 5.73 Å². The number of hydrogen-bond donors (Lipinski definition) is 1. The lowest BCUT2D eigenvalue weighted by Crippen LogP contribution is -2.23. The van der Waals surface area contributed by atoms with Gasteiger partial charge in [-0.2, -0.15) is 0 Å². The van der Waals surface area contributed by atoms with Crippen LogP contribution in [0.3, 0.4) is 0 Å². The molecule has 1 saturated carbocycles. The Labute approximate surface area is 83.7 Å². The number of rotatable bonds is 1. The van der Waals surface area contributed by atoms with Gasteiger partial charge in [-0.25, -0.2) is 13.2 Å². The van der Waals surface area contributed by atoms with Crippen LogP contribution in [0.2, 0.25) is 5.02 Å². The molecular weight excluding hydrogens is 215 g/mol. The van der Waals surface area contributed by atoms with Gasteiger partial charge in [0.15, 0.2) is 11.6 Å². The van der Waals surface area contributed by atoms with Crippen molar-refractivity contribution in [1.29, 1.82) is 0 Å². The van der Waals surface area contributed by atoms with Gasteiger partial charge in [-0.15, -0.1) is 0 Å². The minimum atomic E-state index is -1.27. The van der Waals surface area contributed by atoms with Crippen LogP contribution in [0, 0.1) is 17.5 Å². The average molecular weight is 222 g/mol. The Balaban J connectivity index is 2.65. The summed E-state index contributed by atoms with van der Waals surface area (Å²) in [6.07, 6.45) is 0.920. The fourth-order valence-electron chi connectivity index (χ4n) is 1.41. The molecule has 2 rings (SSSR count). The van der Waals surface area contributed by atoms with Crippen LogP contribution < -0.4 is 5.73 Å². The SMILES string of the molecule is NC1(c2c(F)cc(Cl)c(F)c2F)CC1. The number of nitrogens with two attached hydrogens (primary N) is 1. The van der Waals surface area contributed by atoms with Gasteiger partial charge in [0.2, 0.25) is 0 Å². The van der Waals surface area contributed by atoms with E-state index < -0.39 is 28.0 Å². The molecule has 0 saturated heterocycles. The lowest BCUT2D eigenvalue weighted by atomic mass is 10.0. The number of benzene rings is 1. The van der Waals surface area contributed by atoms with Crippen LogP contribution in [-0.2, 0) is 5.54 Å². The highest BCUT2D eigenvalue weighted by Crippen LogP contribution is 2.45. The van der Waals surface area contributed by atoms with E-state index in [0.717, 1.165) is 6.07 Å². The zero-order valence-electron chi connectivity index (χ0n) is 7.08. The van der Waals surface area contributed by atoms with Crippen molar-refractivity contribution >= 4 is 11.6 Å². The highest BCUT2D eigenvalue weighted by atomic mass is 35.5. The van der Waals surface area contributed by atoms with Crippen molar-refractivity contribution in [3.05, 3.63) is 34.1 Å². The molecule has 5 heteroatoms. The van der Waals surface area contributed by atoms with Gasteiger partial charge in [-0.1, -0.05) is 11.6 Å². The summed E-state index contributed by atoms with van der Waals surface area (Å²) in [6.45, 7) is 0. The Morgan fingerprint density at radius 1 is 1.21 bits per heavy atom. The predicted molar refractivity (Wildman–Crippen MR) is 46.4 cm³/mol. The van der Waals surface area contributed by atoms with E-state index in [1.807, 2.05) is 0 Å². The maximum atomic E-state index is 13.3. The third kappa shape index (κ3) is 1.29. The van der Waals surface area contributed by atoms with E-state index >= 15 is 0 Å². The van der Waals surface area contributed by atoms with Crippen LogP contribution >= 0.6 is 11.6 Å². The van der Waals surface area contributed by atoms with Crippen molar-refractivity contribution in [2.45, 2.75) is 18.4 Å². The Kier molecular flexibility index (Phi) is 2.01. The van der Waals surface area contributed by atoms with Gasteiger partial charge in [0.05, 0.1) is 5.02 Å². The molecule has 1 aliphatic rings. The Bertz CT molecular complexity index is 402. The fraction of sp³-hybridized carbons (Fsp3) is 0.333. The van der Waals surface area contributed by atoms with Crippen LogP contribution in [0.25, 0.3) is 0 Å². The third-order valence-electron chi connectivity index (χ3n) is 2.40. The molecule has 0 unspecified atom stereocenters. The maximum absolute atomic E-state index is 13.3. The van der Waals surface area contributed by atoms with E-state index in [2.05, 4.69) is 0 Å². The Hall–Kier alpha value is -0.740. The summed E-state index contributed by atoms with van der Waals surface area (Å²) in [4.78, 5) is 0. The maximum Gasteiger partial charge on any atom is 0.177 e. The zero-order valence-corrected chi connectivity index (χ0v) is 7.84. The van der Waals surface area contributed by atoms with E-state index in [-0.39, 0.29) is 5.56 Å². The molecule has 0 spiro atoms. The first kappa shape index (κ1) is 9.80. The monoisotopic (exact) mass is 221 g/mol. The molecule has 1 aliphatic carbocycles. The topological polar surface area (TPSA) is 26.0 Å². The van der Waals surface area contributed by atoms with Crippen LogP contribution in [0.4, 0.5) is 13.2 Å². The van der Waals surface area contributed by atoms with Crippen molar-refractivity contribution in [2.75, 3.05) is 0 Å². The van der Waals surface area contributed by atoms with Gasteiger partial charge in [0.1, 0.15) is 5.82 Å². The van der Waals surface area contributed by atoms with Crippen LogP contribution in [0.5, 0.6) is 0 Å². The molecule has 1 nitrogen and oxygen atoms in total. The summed E-state index contributed by atoms with van der Waals surface area (Å²) in [5, 5.41) is -0.562. The summed E-state index contributed by atoms with van der Waals surface area (Å²) in [6, 6.07) is 0.752. The Morgan fingerprint density at radius 3 is 2.29 bits per heavy atom. The molecule has 0 amide bonds. The van der Waals surface area contributed by atoms with Crippen LogP contribution in [-0.4, -0.2) is 0 Å². The summed E-state index contributed by atoms with van der Waals surface area (Å²) in [5.74, 6) is -3.39. The second-order valence-corrected chi connectivity index (χ2v) is 3.91. The van der Waals surface area contributed by atoms with E-state index in [4.69, 9.17) is 17.3 Å². The lowest BCUT2D eigenvalue weighted by Gasteiger charge is -2.12. The smallest absolute Gasteiger partial charge is 0.177 e. The highest BCUT2D eigenvalue weighted by molar-refractivity contribution is 6.30. The fourth-order valence-corrected chi connectivity index (χ4v) is 1.59. The number of halogens is 4. The highest BCUT2D eigenvalue weighted by Gasteiger charge is 2.45. The minimum Gasteiger partial charge on any atom is -0.321 e. The molecule has 1 aromatic carbocycles. The average Bonchev–Trinajstić information content (AvgIpc) is 2.80. The predicted octanol–water partition coefficient (Wildman–Crippen LogP) is 2.71. The van der Waals surface area contributed by atoms with Gasteiger partial charge in [0.25, 0.3) is 0 Å². The molecule has 0 aromatic heterocycles. The quantitative estimate of drug-likeness (QED) is 0.573. The van der Waals surface area contributed by atoms with Crippen molar-refractivity contribution in [3.63, 3.8) is 0 Å². The van der Waals surface area contributed by atoms with E-state index in [9.17, 15) is 13.2 Å². The van der Waals surface area contributed by atoms with E-state index in [1.54, 1.807) is 0 Å². The molecule has 1 fully saturated rings. The molecular formula is C9H7ClF3N. The molecule has 0 radical (unpaired) electrons. The summed E-state index contributed by atoms with van der Waals surface area (Å²) in [7, 11) is 0. The normalized spacial score (nSPS) is 18.4. The Morgan fingerprint density at radius 2 is 1.79 bits per heavy atom. The van der Waals surface area contributed by atoms with Crippen molar-refractivity contribution in [2.24, 2.45) is 5.73 Å². The van der Waals surface area contributed by atoms with Crippen molar-refractivity contribution < 1.29 is 13.2 Å². The first-order valence-corrected chi connectivity index (χ1v) is 4.46. The summed E-state index contributed by atoms with van der Waals surface area (Å²) < 4.78 is 39.5. The number of hydrogen-bond acceptors (Lipinski definition) is 1. The van der Waals surface area contributed by atoms with Crippen LogP contribution in [0.15, 0.2) is 6.07 Å². The van der Waals surface area contributed by atoms with E-state index in [0.29, 0.717) is 12.8 Å². The summed E-state index contributed by atoms with van der Waals surface area (Å²) in [5.41, 5.74) is 4.17. The van der Waals surface area contributed by atoms with Gasteiger partial charge in [-0.05, 0) is 18.9 Å². The van der Waals surface area contributed by atoms with Gasteiger partial charge in [0, 0.05) is 11.1 Å². The van der Waals surface area contributed by atoms with Crippen molar-refractivity contribution in [3.8, 4) is 0 Å². The molecule has 76 valence electrons. The zero-order chi connectivity index (χ0) is 10.5. The molecule has 14 heavy (non-hydrogen) atoms. The standard InChI is InChI=1S/C9H7ClF3N/c10-4-3-5(11)6(8(13)7(4)12)9(14)1-2-9/h3H,1-2,14H2. The second-order valence-electron chi connectivity index (χ2n) is 3.50. The second kappa shape index (κ2) is 2.87. The first-order valence-electron chi connectivity index (χ1n) is 4.08.